The second-order valence-corrected chi connectivity index (χ2v) is 5.46. The summed E-state index contributed by atoms with van der Waals surface area (Å²) in [4.78, 5) is 12.5. The molecule has 0 atom stereocenters. The average Bonchev–Trinajstić information content (AvgIpc) is 2.75. The van der Waals surface area contributed by atoms with Gasteiger partial charge in [-0.1, -0.05) is 29.3 Å². The van der Waals surface area contributed by atoms with E-state index in [9.17, 15) is 4.79 Å². The van der Waals surface area contributed by atoms with Gasteiger partial charge in [-0.25, -0.2) is 0 Å². The first-order valence-corrected chi connectivity index (χ1v) is 6.43. The van der Waals surface area contributed by atoms with Gasteiger partial charge >= 0.3 is 0 Å². The SMILES string of the molecule is Cc1ccc(NCC(=O)c2ccc(Cl)s2)cc1. The zero-order valence-corrected chi connectivity index (χ0v) is 10.9. The predicted molar refractivity (Wildman–Crippen MR) is 73.3 cm³/mol. The van der Waals surface area contributed by atoms with Gasteiger partial charge in [0.2, 0.25) is 0 Å². The van der Waals surface area contributed by atoms with Gasteiger partial charge in [0.15, 0.2) is 5.78 Å². The maximum atomic E-state index is 11.8. The Balaban J connectivity index is 1.94. The Morgan fingerprint density at radius 3 is 2.53 bits per heavy atom. The second-order valence-electron chi connectivity index (χ2n) is 3.75. The molecule has 0 amide bonds. The van der Waals surface area contributed by atoms with E-state index < -0.39 is 0 Å². The van der Waals surface area contributed by atoms with Crippen molar-refractivity contribution in [3.05, 3.63) is 51.2 Å². The van der Waals surface area contributed by atoms with Crippen LogP contribution < -0.4 is 5.32 Å². The summed E-state index contributed by atoms with van der Waals surface area (Å²) in [5, 5.41) is 3.09. The van der Waals surface area contributed by atoms with Crippen LogP contribution in [-0.4, -0.2) is 12.3 Å². The number of hydrogen-bond acceptors (Lipinski definition) is 3. The van der Waals surface area contributed by atoms with Crippen molar-refractivity contribution in [3.63, 3.8) is 0 Å². The third-order valence-electron chi connectivity index (χ3n) is 2.35. The number of aryl methyl sites for hydroxylation is 1. The van der Waals surface area contributed by atoms with Gasteiger partial charge in [-0.05, 0) is 31.2 Å². The number of carbonyl (C=O) groups is 1. The largest absolute Gasteiger partial charge is 0.378 e. The standard InChI is InChI=1S/C13H12ClNOS/c1-9-2-4-10(5-3-9)15-8-11(16)12-6-7-13(14)17-12/h2-7,15H,8H2,1H3. The quantitative estimate of drug-likeness (QED) is 0.847. The van der Waals surface area contributed by atoms with Crippen molar-refractivity contribution in [2.24, 2.45) is 0 Å². The van der Waals surface area contributed by atoms with Crippen LogP contribution in [0.3, 0.4) is 0 Å². The van der Waals surface area contributed by atoms with Crippen LogP contribution in [0.2, 0.25) is 4.34 Å². The summed E-state index contributed by atoms with van der Waals surface area (Å²) in [6, 6.07) is 11.4. The predicted octanol–water partition coefficient (Wildman–Crippen LogP) is 4.00. The first-order valence-electron chi connectivity index (χ1n) is 5.24. The van der Waals surface area contributed by atoms with Crippen LogP contribution in [0.4, 0.5) is 5.69 Å². The number of anilines is 1. The first kappa shape index (κ1) is 12.1. The van der Waals surface area contributed by atoms with E-state index in [4.69, 9.17) is 11.6 Å². The number of hydrogen-bond donors (Lipinski definition) is 1. The van der Waals surface area contributed by atoms with E-state index in [1.807, 2.05) is 31.2 Å². The lowest BCUT2D eigenvalue weighted by atomic mass is 10.2. The molecule has 1 heterocycles. The molecule has 88 valence electrons. The van der Waals surface area contributed by atoms with Gasteiger partial charge in [-0.15, -0.1) is 11.3 Å². The Hall–Kier alpha value is -1.32. The first-order chi connectivity index (χ1) is 8.15. The molecule has 2 aromatic rings. The summed E-state index contributed by atoms with van der Waals surface area (Å²) in [7, 11) is 0. The number of carbonyl (C=O) groups excluding carboxylic acids is 1. The highest BCUT2D eigenvalue weighted by Crippen LogP contribution is 2.21. The molecule has 1 N–H and O–H groups in total. The fourth-order valence-electron chi connectivity index (χ4n) is 1.41. The third-order valence-corrected chi connectivity index (χ3v) is 3.62. The second kappa shape index (κ2) is 5.34. The zero-order valence-electron chi connectivity index (χ0n) is 9.37. The number of halogens is 1. The Bertz CT molecular complexity index is 518. The van der Waals surface area contributed by atoms with E-state index in [0.29, 0.717) is 15.8 Å². The lowest BCUT2D eigenvalue weighted by Crippen LogP contribution is -2.12. The maximum Gasteiger partial charge on any atom is 0.191 e. The van der Waals surface area contributed by atoms with Crippen molar-refractivity contribution < 1.29 is 4.79 Å². The van der Waals surface area contributed by atoms with Crippen molar-refractivity contribution in [2.45, 2.75) is 6.92 Å². The van der Waals surface area contributed by atoms with Crippen LogP contribution in [0.25, 0.3) is 0 Å². The van der Waals surface area contributed by atoms with Crippen molar-refractivity contribution >= 4 is 34.4 Å². The third kappa shape index (κ3) is 3.32. The highest BCUT2D eigenvalue weighted by Gasteiger charge is 2.08. The van der Waals surface area contributed by atoms with Gasteiger partial charge in [-0.2, -0.15) is 0 Å². The molecule has 1 aromatic carbocycles. The zero-order chi connectivity index (χ0) is 12.3. The number of benzene rings is 1. The van der Waals surface area contributed by atoms with E-state index in [1.165, 1.54) is 16.9 Å². The van der Waals surface area contributed by atoms with Crippen molar-refractivity contribution in [1.82, 2.24) is 0 Å². The van der Waals surface area contributed by atoms with Crippen molar-refractivity contribution in [2.75, 3.05) is 11.9 Å². The lowest BCUT2D eigenvalue weighted by Gasteiger charge is -2.04. The van der Waals surface area contributed by atoms with Gasteiger partial charge in [0.05, 0.1) is 15.8 Å². The number of Topliss-reactive ketones (excluding diaryl/α,β-unsaturated/α-hetero) is 1. The van der Waals surface area contributed by atoms with Crippen LogP contribution in [-0.2, 0) is 0 Å². The van der Waals surface area contributed by atoms with E-state index in [0.717, 1.165) is 5.69 Å². The number of thiophene rings is 1. The normalized spacial score (nSPS) is 10.2. The van der Waals surface area contributed by atoms with Gasteiger partial charge in [-0.3, -0.25) is 4.79 Å². The van der Waals surface area contributed by atoms with E-state index >= 15 is 0 Å². The van der Waals surface area contributed by atoms with Crippen LogP contribution in [0.15, 0.2) is 36.4 Å². The Kier molecular flexibility index (Phi) is 3.82. The molecule has 0 saturated heterocycles. The van der Waals surface area contributed by atoms with Crippen LogP contribution in [0.1, 0.15) is 15.2 Å². The van der Waals surface area contributed by atoms with Gasteiger partial charge in [0, 0.05) is 5.69 Å². The summed E-state index contributed by atoms with van der Waals surface area (Å²) < 4.78 is 0.642. The summed E-state index contributed by atoms with van der Waals surface area (Å²) in [5.41, 5.74) is 2.15. The molecule has 17 heavy (non-hydrogen) atoms. The molecule has 0 radical (unpaired) electrons. The van der Waals surface area contributed by atoms with E-state index in [-0.39, 0.29) is 5.78 Å². The summed E-state index contributed by atoms with van der Waals surface area (Å²) in [6.45, 7) is 2.32. The van der Waals surface area contributed by atoms with Crippen LogP contribution in [0.5, 0.6) is 0 Å². The highest BCUT2D eigenvalue weighted by atomic mass is 35.5. The fourth-order valence-corrected chi connectivity index (χ4v) is 2.39. The minimum Gasteiger partial charge on any atom is -0.378 e. The van der Waals surface area contributed by atoms with Crippen LogP contribution >= 0.6 is 22.9 Å². The number of rotatable bonds is 4. The molecule has 0 saturated carbocycles. The summed E-state index contributed by atoms with van der Waals surface area (Å²) in [5.74, 6) is 0.0578. The molecular formula is C13H12ClNOS. The highest BCUT2D eigenvalue weighted by molar-refractivity contribution is 7.18. The topological polar surface area (TPSA) is 29.1 Å². The maximum absolute atomic E-state index is 11.8. The molecule has 0 bridgehead atoms. The molecule has 4 heteroatoms. The monoisotopic (exact) mass is 265 g/mol. The van der Waals surface area contributed by atoms with Crippen molar-refractivity contribution in [3.8, 4) is 0 Å². The van der Waals surface area contributed by atoms with Gasteiger partial charge < -0.3 is 5.32 Å². The smallest absolute Gasteiger partial charge is 0.191 e. The molecule has 0 unspecified atom stereocenters. The van der Waals surface area contributed by atoms with E-state index in [2.05, 4.69) is 5.32 Å². The summed E-state index contributed by atoms with van der Waals surface area (Å²) in [6.07, 6.45) is 0. The van der Waals surface area contributed by atoms with E-state index in [1.54, 1.807) is 12.1 Å². The van der Waals surface area contributed by atoms with Crippen LogP contribution in [0, 0.1) is 6.92 Å². The van der Waals surface area contributed by atoms with Gasteiger partial charge in [0.25, 0.3) is 0 Å². The average molecular weight is 266 g/mol. The molecule has 2 nitrogen and oxygen atoms in total. The summed E-state index contributed by atoms with van der Waals surface area (Å²) >= 11 is 7.09. The molecule has 0 aliphatic rings. The number of nitrogens with one attached hydrogen (secondary N) is 1. The minimum absolute atomic E-state index is 0.0578. The Morgan fingerprint density at radius 2 is 1.94 bits per heavy atom. The molecule has 0 spiro atoms. The molecule has 0 fully saturated rings. The fraction of sp³-hybridized carbons (Fsp3) is 0.154. The molecular weight excluding hydrogens is 254 g/mol. The lowest BCUT2D eigenvalue weighted by molar-refractivity contribution is 0.101. The molecule has 1 aromatic heterocycles. The molecule has 0 aliphatic heterocycles. The minimum atomic E-state index is 0.0578. The van der Waals surface area contributed by atoms with Gasteiger partial charge in [0.1, 0.15) is 0 Å². The Morgan fingerprint density at radius 1 is 1.24 bits per heavy atom. The Labute approximate surface area is 109 Å². The molecule has 0 aliphatic carbocycles. The number of ketones is 1. The van der Waals surface area contributed by atoms with Crippen molar-refractivity contribution in [1.29, 1.82) is 0 Å². The molecule has 2 rings (SSSR count).